The van der Waals surface area contributed by atoms with E-state index in [1.165, 1.54) is 35.7 Å². The minimum atomic E-state index is -0.373. The maximum atomic E-state index is 13.7. The summed E-state index contributed by atoms with van der Waals surface area (Å²) in [6.07, 6.45) is 0.994. The number of ether oxygens (including phenoxy) is 1. The maximum absolute atomic E-state index is 13.7. The number of carbonyl (C=O) groups excluding carboxylic acids is 1. The molecule has 29 heavy (non-hydrogen) atoms. The summed E-state index contributed by atoms with van der Waals surface area (Å²) in [4.78, 5) is 24.2. The van der Waals surface area contributed by atoms with Gasteiger partial charge in [-0.15, -0.1) is 11.3 Å². The number of thiazole rings is 1. The number of halogens is 2. The minimum Gasteiger partial charge on any atom is -0.484 e. The molecule has 2 aliphatic heterocycles. The van der Waals surface area contributed by atoms with Crippen LogP contribution in [0.3, 0.4) is 0 Å². The van der Waals surface area contributed by atoms with E-state index in [1.807, 2.05) is 4.90 Å². The molecule has 0 unspecified atom stereocenters. The molecule has 2 amide bonds. The number of aromatic nitrogens is 2. The lowest BCUT2D eigenvalue weighted by molar-refractivity contribution is 0.0438. The smallest absolute Gasteiger partial charge is 0.317 e. The number of rotatable bonds is 4. The normalized spacial score (nSPS) is 17.2. The Bertz CT molecular complexity index is 1050. The highest BCUT2D eigenvalue weighted by molar-refractivity contribution is 7.16. The van der Waals surface area contributed by atoms with E-state index >= 15 is 0 Å². The van der Waals surface area contributed by atoms with E-state index < -0.39 is 0 Å². The fraction of sp³-hybridized carbons (Fsp3) is 0.316. The zero-order valence-corrected chi connectivity index (χ0v) is 16.0. The van der Waals surface area contributed by atoms with Crippen molar-refractivity contribution in [2.45, 2.75) is 12.1 Å². The van der Waals surface area contributed by atoms with Crippen LogP contribution in [0.5, 0.6) is 5.75 Å². The van der Waals surface area contributed by atoms with Crippen LogP contribution >= 0.6 is 11.3 Å². The highest BCUT2D eigenvalue weighted by atomic mass is 32.1. The van der Waals surface area contributed by atoms with Crippen molar-refractivity contribution < 1.29 is 18.3 Å². The van der Waals surface area contributed by atoms with E-state index in [0.717, 1.165) is 4.70 Å². The van der Waals surface area contributed by atoms with Gasteiger partial charge in [0, 0.05) is 19.2 Å². The number of hydrogen-bond donors (Lipinski definition) is 1. The van der Waals surface area contributed by atoms with Gasteiger partial charge in [0.15, 0.2) is 0 Å². The predicted molar refractivity (Wildman–Crippen MR) is 104 cm³/mol. The number of amides is 2. The van der Waals surface area contributed by atoms with Gasteiger partial charge in [-0.2, -0.15) is 0 Å². The summed E-state index contributed by atoms with van der Waals surface area (Å²) in [5.41, 5.74) is 2.30. The maximum Gasteiger partial charge on any atom is 0.317 e. The van der Waals surface area contributed by atoms with Crippen molar-refractivity contribution in [3.63, 3.8) is 0 Å². The third-order valence-electron chi connectivity index (χ3n) is 5.04. The number of pyridine rings is 1. The summed E-state index contributed by atoms with van der Waals surface area (Å²) in [5, 5.41) is 2.97. The number of nitrogens with one attached hydrogen (secondary N) is 1. The summed E-state index contributed by atoms with van der Waals surface area (Å²) in [5.74, 6) is 0.365. The second-order valence-electron chi connectivity index (χ2n) is 7.13. The molecule has 10 heteroatoms. The van der Waals surface area contributed by atoms with Crippen LogP contribution in [-0.2, 0) is 0 Å². The second-order valence-corrected chi connectivity index (χ2v) is 8.02. The molecule has 2 fully saturated rings. The van der Waals surface area contributed by atoms with Crippen molar-refractivity contribution >= 4 is 33.4 Å². The molecule has 0 atom stereocenters. The van der Waals surface area contributed by atoms with Crippen LogP contribution in [0.25, 0.3) is 10.2 Å². The average molecular weight is 417 g/mol. The Morgan fingerprint density at radius 3 is 2.72 bits per heavy atom. The number of hydrogen-bond acceptors (Lipinski definition) is 6. The van der Waals surface area contributed by atoms with E-state index in [1.54, 1.807) is 16.5 Å². The first kappa shape index (κ1) is 18.0. The van der Waals surface area contributed by atoms with Gasteiger partial charge in [-0.25, -0.2) is 23.5 Å². The van der Waals surface area contributed by atoms with Gasteiger partial charge >= 0.3 is 6.03 Å². The molecular weight excluding hydrogens is 400 g/mol. The highest BCUT2D eigenvalue weighted by Gasteiger charge is 2.36. The van der Waals surface area contributed by atoms with Crippen LogP contribution in [0, 0.1) is 11.6 Å². The largest absolute Gasteiger partial charge is 0.484 e. The summed E-state index contributed by atoms with van der Waals surface area (Å²) in [6.45, 7) is 2.13. The molecule has 0 saturated carbocycles. The fourth-order valence-electron chi connectivity index (χ4n) is 3.43. The third-order valence-corrected chi connectivity index (χ3v) is 5.82. The van der Waals surface area contributed by atoms with E-state index in [2.05, 4.69) is 15.3 Å². The van der Waals surface area contributed by atoms with Gasteiger partial charge in [-0.05, 0) is 18.2 Å². The first-order chi connectivity index (χ1) is 14.0. The van der Waals surface area contributed by atoms with Gasteiger partial charge in [-0.1, -0.05) is 0 Å². The van der Waals surface area contributed by atoms with Crippen molar-refractivity contribution in [3.8, 4) is 5.75 Å². The molecular formula is C19H17F2N5O2S. The van der Waals surface area contributed by atoms with Crippen LogP contribution in [0.15, 0.2) is 36.0 Å². The molecule has 2 aromatic heterocycles. The highest BCUT2D eigenvalue weighted by Crippen LogP contribution is 2.30. The summed E-state index contributed by atoms with van der Waals surface area (Å²) >= 11 is 1.36. The third kappa shape index (κ3) is 3.55. The van der Waals surface area contributed by atoms with Crippen molar-refractivity contribution in [2.24, 2.45) is 0 Å². The molecule has 150 valence electrons. The molecule has 0 aliphatic carbocycles. The Labute approximate surface area is 168 Å². The van der Waals surface area contributed by atoms with Crippen molar-refractivity contribution in [2.75, 3.05) is 31.1 Å². The Balaban J connectivity index is 1.10. The Kier molecular flexibility index (Phi) is 4.42. The number of benzene rings is 1. The van der Waals surface area contributed by atoms with Crippen LogP contribution in [0.1, 0.15) is 0 Å². The van der Waals surface area contributed by atoms with Gasteiger partial charge < -0.3 is 19.9 Å². The van der Waals surface area contributed by atoms with E-state index in [4.69, 9.17) is 4.74 Å². The second kappa shape index (κ2) is 7.11. The minimum absolute atomic E-state index is 0.0205. The predicted octanol–water partition coefficient (Wildman–Crippen LogP) is 2.63. The molecule has 4 heterocycles. The van der Waals surface area contributed by atoms with Crippen LogP contribution in [-0.4, -0.2) is 59.2 Å². The van der Waals surface area contributed by atoms with E-state index in [-0.39, 0.29) is 29.8 Å². The quantitative estimate of drug-likeness (QED) is 0.707. The number of carbonyl (C=O) groups is 1. The molecule has 1 N–H and O–H groups in total. The van der Waals surface area contributed by atoms with Gasteiger partial charge in [-0.3, -0.25) is 0 Å². The molecule has 7 nitrogen and oxygen atoms in total. The molecule has 0 radical (unpaired) electrons. The molecule has 0 spiro atoms. The monoisotopic (exact) mass is 417 g/mol. The van der Waals surface area contributed by atoms with Gasteiger partial charge in [0.2, 0.25) is 0 Å². The molecule has 2 aliphatic rings. The molecule has 5 rings (SSSR count). The summed E-state index contributed by atoms with van der Waals surface area (Å²) in [6, 6.07) is 5.62. The van der Waals surface area contributed by atoms with Gasteiger partial charge in [0.1, 0.15) is 34.8 Å². The van der Waals surface area contributed by atoms with Gasteiger partial charge in [0.05, 0.1) is 35.5 Å². The number of likely N-dealkylation sites (tertiary alicyclic amines) is 1. The number of fused-ring (bicyclic) bond motifs is 1. The fourth-order valence-corrected chi connectivity index (χ4v) is 4.15. The molecule has 2 saturated heterocycles. The van der Waals surface area contributed by atoms with Crippen LogP contribution in [0.4, 0.5) is 19.4 Å². The number of nitrogens with zero attached hydrogens (tertiary/aromatic N) is 4. The zero-order chi connectivity index (χ0) is 20.0. The van der Waals surface area contributed by atoms with Crippen molar-refractivity contribution in [3.05, 3.63) is 47.6 Å². The molecule has 0 bridgehead atoms. The van der Waals surface area contributed by atoms with Gasteiger partial charge in [0.25, 0.3) is 0 Å². The molecule has 1 aromatic carbocycles. The Morgan fingerprint density at radius 1 is 1.14 bits per heavy atom. The summed E-state index contributed by atoms with van der Waals surface area (Å²) in [7, 11) is 0. The van der Waals surface area contributed by atoms with Crippen molar-refractivity contribution in [1.29, 1.82) is 0 Å². The molecule has 3 aromatic rings. The SMILES string of the molecule is O=C(NC1CN(c2ccc(F)cn2)C1)N1CC(Oc2cc(F)cc3scnc23)C1. The van der Waals surface area contributed by atoms with Crippen molar-refractivity contribution in [1.82, 2.24) is 20.2 Å². The lowest BCUT2D eigenvalue weighted by atomic mass is 10.1. The lowest BCUT2D eigenvalue weighted by Gasteiger charge is -2.43. The first-order valence-electron chi connectivity index (χ1n) is 9.16. The lowest BCUT2D eigenvalue weighted by Crippen LogP contribution is -2.65. The Morgan fingerprint density at radius 2 is 1.97 bits per heavy atom. The number of anilines is 1. The average Bonchev–Trinajstić information content (AvgIpc) is 3.09. The Hall–Kier alpha value is -3.01. The van der Waals surface area contributed by atoms with Crippen LogP contribution in [0.2, 0.25) is 0 Å². The summed E-state index contributed by atoms with van der Waals surface area (Å²) < 4.78 is 33.2. The van der Waals surface area contributed by atoms with E-state index in [0.29, 0.717) is 43.3 Å². The van der Waals surface area contributed by atoms with E-state index in [9.17, 15) is 13.6 Å². The first-order valence-corrected chi connectivity index (χ1v) is 10.0. The zero-order valence-electron chi connectivity index (χ0n) is 15.2. The van der Waals surface area contributed by atoms with Crippen LogP contribution < -0.4 is 15.0 Å². The number of urea groups is 1. The topological polar surface area (TPSA) is 70.6 Å². The standard InChI is InChI=1S/C19H17F2N5O2S/c20-11-1-2-17(22-5-11)25-6-13(7-25)24-19(27)26-8-14(9-26)28-15-3-12(21)4-16-18(15)23-10-29-16/h1-5,10,13-14H,6-9H2,(H,24,27).